The molecular weight excluding hydrogens is 296 g/mol. The molecule has 4 aliphatic rings. The van der Waals surface area contributed by atoms with E-state index in [-0.39, 0.29) is 0 Å². The van der Waals surface area contributed by atoms with Crippen LogP contribution in [0.5, 0.6) is 0 Å². The molecule has 0 aromatic rings. The maximum absolute atomic E-state index is 10.7. The van der Waals surface area contributed by atoms with Gasteiger partial charge in [-0.2, -0.15) is 0 Å². The fourth-order valence-electron chi connectivity index (χ4n) is 5.45. The number of aliphatic hydroxyl groups is 4. The van der Waals surface area contributed by atoms with Crippen molar-refractivity contribution in [3.8, 4) is 0 Å². The zero-order chi connectivity index (χ0) is 15.4. The van der Waals surface area contributed by atoms with Crippen LogP contribution in [-0.4, -0.2) is 68.0 Å². The molecule has 8 nitrogen and oxygen atoms in total. The molecule has 4 rings (SSSR count). The Morgan fingerprint density at radius 1 is 0.500 bits per heavy atom. The first-order valence-corrected chi connectivity index (χ1v) is 7.86. The van der Waals surface area contributed by atoms with Crippen molar-refractivity contribution >= 4 is 0 Å². The first-order chi connectivity index (χ1) is 10.4. The van der Waals surface area contributed by atoms with Gasteiger partial charge in [0.25, 0.3) is 0 Å². The third-order valence-corrected chi connectivity index (χ3v) is 6.51. The smallest absolute Gasteiger partial charge is 0.188 e. The van der Waals surface area contributed by atoms with Crippen molar-refractivity contribution in [1.82, 2.24) is 0 Å². The molecule has 0 aromatic carbocycles. The van der Waals surface area contributed by atoms with Gasteiger partial charge in [-0.3, -0.25) is 0 Å². The average molecular weight is 316 g/mol. The fraction of sp³-hybridized carbons (Fsp3) is 1.00. The second-order valence-electron chi connectivity index (χ2n) is 7.15. The Kier molecular flexibility index (Phi) is 2.45. The molecule has 0 radical (unpaired) electrons. The van der Waals surface area contributed by atoms with E-state index in [4.69, 9.17) is 18.9 Å². The van der Waals surface area contributed by atoms with Crippen LogP contribution in [0.15, 0.2) is 0 Å². The van der Waals surface area contributed by atoms with E-state index in [1.165, 1.54) is 0 Å². The number of fused-ring (bicyclic) bond motifs is 2. The summed E-state index contributed by atoms with van der Waals surface area (Å²) < 4.78 is 23.4. The van der Waals surface area contributed by atoms with Crippen LogP contribution in [0.25, 0.3) is 0 Å². The zero-order valence-corrected chi connectivity index (χ0v) is 12.0. The Labute approximate surface area is 126 Å². The molecule has 6 unspecified atom stereocenters. The Balaban J connectivity index is 1.79. The number of hydrogen-bond acceptors (Lipinski definition) is 8. The fourth-order valence-corrected chi connectivity index (χ4v) is 5.45. The molecule has 2 heterocycles. The highest BCUT2D eigenvalue weighted by Crippen LogP contribution is 2.65. The summed E-state index contributed by atoms with van der Waals surface area (Å²) in [6, 6.07) is 0. The molecule has 8 atom stereocenters. The first kappa shape index (κ1) is 14.1. The summed E-state index contributed by atoms with van der Waals surface area (Å²) in [7, 11) is 0. The van der Waals surface area contributed by atoms with Gasteiger partial charge in [-0.25, -0.2) is 0 Å². The van der Waals surface area contributed by atoms with Gasteiger partial charge in [0.2, 0.25) is 0 Å². The number of ether oxygens (including phenoxy) is 4. The molecule has 2 aliphatic carbocycles. The molecular formula is C14H20O8. The van der Waals surface area contributed by atoms with Crippen molar-refractivity contribution in [3.05, 3.63) is 0 Å². The Morgan fingerprint density at radius 3 is 0.955 bits per heavy atom. The molecule has 8 heteroatoms. The van der Waals surface area contributed by atoms with Crippen molar-refractivity contribution in [2.75, 3.05) is 0 Å². The lowest BCUT2D eigenvalue weighted by atomic mass is 9.73. The maximum Gasteiger partial charge on any atom is 0.188 e. The molecule has 22 heavy (non-hydrogen) atoms. The second-order valence-corrected chi connectivity index (χ2v) is 7.15. The van der Waals surface area contributed by atoms with Gasteiger partial charge >= 0.3 is 0 Å². The van der Waals surface area contributed by atoms with Gasteiger partial charge in [-0.15, -0.1) is 0 Å². The van der Waals surface area contributed by atoms with Gasteiger partial charge in [-0.05, 0) is 38.5 Å². The summed E-state index contributed by atoms with van der Waals surface area (Å²) in [5, 5.41) is 42.6. The molecule has 2 saturated heterocycles. The van der Waals surface area contributed by atoms with Crippen LogP contribution in [0, 0.1) is 0 Å². The van der Waals surface area contributed by atoms with Gasteiger partial charge < -0.3 is 39.4 Å². The lowest BCUT2D eigenvalue weighted by Crippen LogP contribution is -2.86. The monoisotopic (exact) mass is 316 g/mol. The molecule has 2 aliphatic heterocycles. The SMILES string of the molecule is OC1OC23CCCC24O[C@@H](O)C2(CCCC12OC3O)O[C@@H]4O. The molecule has 0 aromatic heterocycles. The van der Waals surface area contributed by atoms with Crippen LogP contribution in [0.1, 0.15) is 38.5 Å². The standard InChI is InChI=1S/C14H20O8/c15-7-11-3-1-4-12(11)8(16)22-14(10(18)20-12)6-2-5-13(14,21-7)9(17)19-11/h7-10,15-18H,1-6H2/t7-,8?,9+,10?,11?,12?,13?,14?. The summed E-state index contributed by atoms with van der Waals surface area (Å²) >= 11 is 0. The summed E-state index contributed by atoms with van der Waals surface area (Å²) in [5.41, 5.74) is -5.80. The van der Waals surface area contributed by atoms with Crippen molar-refractivity contribution in [2.24, 2.45) is 0 Å². The minimum Gasteiger partial charge on any atom is -0.365 e. The molecule has 124 valence electrons. The van der Waals surface area contributed by atoms with Crippen LogP contribution in [0.3, 0.4) is 0 Å². The lowest BCUT2D eigenvalue weighted by molar-refractivity contribution is -0.547. The van der Waals surface area contributed by atoms with E-state index in [9.17, 15) is 20.4 Å². The van der Waals surface area contributed by atoms with Crippen molar-refractivity contribution < 1.29 is 39.4 Å². The molecule has 2 saturated carbocycles. The quantitative estimate of drug-likeness (QED) is 0.435. The second kappa shape index (κ2) is 3.84. The normalized spacial score (nSPS) is 66.0. The molecule has 0 amide bonds. The number of hydrogen-bond donors (Lipinski definition) is 4. The highest BCUT2D eigenvalue weighted by atomic mass is 16.8. The number of aliphatic hydroxyl groups excluding tert-OH is 4. The van der Waals surface area contributed by atoms with E-state index in [0.717, 1.165) is 0 Å². The van der Waals surface area contributed by atoms with E-state index in [0.29, 0.717) is 38.5 Å². The van der Waals surface area contributed by atoms with E-state index in [2.05, 4.69) is 0 Å². The largest absolute Gasteiger partial charge is 0.365 e. The van der Waals surface area contributed by atoms with Crippen LogP contribution >= 0.6 is 0 Å². The van der Waals surface area contributed by atoms with Crippen LogP contribution in [0.4, 0.5) is 0 Å². The van der Waals surface area contributed by atoms with Gasteiger partial charge in [0.05, 0.1) is 0 Å². The predicted molar refractivity (Wildman–Crippen MR) is 67.0 cm³/mol. The molecule has 4 fully saturated rings. The zero-order valence-electron chi connectivity index (χ0n) is 12.0. The average Bonchev–Trinajstić information content (AvgIpc) is 2.97. The predicted octanol–water partition coefficient (Wildman–Crippen LogP) is -1.31. The van der Waals surface area contributed by atoms with Crippen molar-refractivity contribution in [2.45, 2.75) is 86.1 Å². The van der Waals surface area contributed by atoms with Gasteiger partial charge in [0.1, 0.15) is 0 Å². The maximum atomic E-state index is 10.7. The van der Waals surface area contributed by atoms with Gasteiger partial charge in [0, 0.05) is 0 Å². The minimum atomic E-state index is -1.45. The van der Waals surface area contributed by atoms with E-state index >= 15 is 0 Å². The minimum absolute atomic E-state index is 0.335. The molecule has 4 spiro atoms. The Hall–Kier alpha value is -0.320. The summed E-state index contributed by atoms with van der Waals surface area (Å²) in [6.07, 6.45) is -2.93. The topological polar surface area (TPSA) is 118 Å². The summed E-state index contributed by atoms with van der Waals surface area (Å²) in [6.45, 7) is 0. The van der Waals surface area contributed by atoms with E-state index in [1.807, 2.05) is 0 Å². The van der Waals surface area contributed by atoms with Crippen LogP contribution in [-0.2, 0) is 18.9 Å². The van der Waals surface area contributed by atoms with Gasteiger partial charge in [0.15, 0.2) is 47.6 Å². The third kappa shape index (κ3) is 1.14. The van der Waals surface area contributed by atoms with E-state index < -0.39 is 47.6 Å². The van der Waals surface area contributed by atoms with Crippen molar-refractivity contribution in [3.63, 3.8) is 0 Å². The lowest BCUT2D eigenvalue weighted by Gasteiger charge is -2.67. The summed E-state index contributed by atoms with van der Waals surface area (Å²) in [5.74, 6) is 0. The Morgan fingerprint density at radius 2 is 0.727 bits per heavy atom. The van der Waals surface area contributed by atoms with Crippen LogP contribution in [0.2, 0.25) is 0 Å². The highest BCUT2D eigenvalue weighted by Gasteiger charge is 2.83. The first-order valence-electron chi connectivity index (χ1n) is 7.86. The molecule has 4 N–H and O–H groups in total. The van der Waals surface area contributed by atoms with Crippen LogP contribution < -0.4 is 0 Å². The Bertz CT molecular complexity index is 439. The summed E-state index contributed by atoms with van der Waals surface area (Å²) in [4.78, 5) is 0. The van der Waals surface area contributed by atoms with E-state index in [1.54, 1.807) is 0 Å². The third-order valence-electron chi connectivity index (χ3n) is 6.51. The van der Waals surface area contributed by atoms with Crippen molar-refractivity contribution in [1.29, 1.82) is 0 Å². The van der Waals surface area contributed by atoms with Gasteiger partial charge in [-0.1, -0.05) is 0 Å². The number of rotatable bonds is 0. The highest BCUT2D eigenvalue weighted by molar-refractivity contribution is 5.24. The molecule has 0 bridgehead atoms.